The third-order valence-corrected chi connectivity index (χ3v) is 3.25. The zero-order valence-corrected chi connectivity index (χ0v) is 10.9. The third kappa shape index (κ3) is 3.79. The minimum absolute atomic E-state index is 0.123. The van der Waals surface area contributed by atoms with E-state index in [-0.39, 0.29) is 11.1 Å². The molecule has 4 N–H and O–H groups in total. The van der Waals surface area contributed by atoms with Crippen molar-refractivity contribution in [1.29, 1.82) is 0 Å². The van der Waals surface area contributed by atoms with Crippen LogP contribution in [-0.4, -0.2) is 36.4 Å². The molecule has 0 unspecified atom stereocenters. The largest absolute Gasteiger partial charge is 0.391 e. The second kappa shape index (κ2) is 6.18. The molecule has 0 spiro atoms. The second-order valence-corrected chi connectivity index (χ2v) is 4.80. The minimum atomic E-state index is -0.573. The van der Waals surface area contributed by atoms with Gasteiger partial charge >= 0.3 is 6.03 Å². The fraction of sp³-hybridized carbons (Fsp3) is 0.417. The van der Waals surface area contributed by atoms with E-state index in [4.69, 9.17) is 11.6 Å². The molecule has 7 heteroatoms. The van der Waals surface area contributed by atoms with E-state index in [2.05, 4.69) is 16.0 Å². The van der Waals surface area contributed by atoms with Crippen molar-refractivity contribution in [3.8, 4) is 0 Å². The molecule has 5 nitrogen and oxygen atoms in total. The predicted molar refractivity (Wildman–Crippen MR) is 70.8 cm³/mol. The maximum absolute atomic E-state index is 12.9. The van der Waals surface area contributed by atoms with Gasteiger partial charge in [-0.25, -0.2) is 9.18 Å². The van der Waals surface area contributed by atoms with Gasteiger partial charge in [-0.3, -0.25) is 0 Å². The zero-order valence-electron chi connectivity index (χ0n) is 10.1. The summed E-state index contributed by atoms with van der Waals surface area (Å²) in [4.78, 5) is 11.7. The second-order valence-electron chi connectivity index (χ2n) is 4.39. The van der Waals surface area contributed by atoms with Gasteiger partial charge < -0.3 is 21.1 Å². The highest BCUT2D eigenvalue weighted by Gasteiger charge is 2.24. The first-order chi connectivity index (χ1) is 9.06. The Morgan fingerprint density at radius 1 is 1.53 bits per heavy atom. The van der Waals surface area contributed by atoms with E-state index in [0.29, 0.717) is 18.7 Å². The molecule has 0 radical (unpaired) electrons. The quantitative estimate of drug-likeness (QED) is 0.663. The average Bonchev–Trinajstić information content (AvgIpc) is 2.36. The fourth-order valence-corrected chi connectivity index (χ4v) is 2.12. The molecule has 0 aliphatic carbocycles. The third-order valence-electron chi connectivity index (χ3n) is 2.94. The molecule has 0 aromatic heterocycles. The topological polar surface area (TPSA) is 73.4 Å². The first-order valence-corrected chi connectivity index (χ1v) is 6.35. The summed E-state index contributed by atoms with van der Waals surface area (Å²) < 4.78 is 12.9. The Balaban J connectivity index is 1.93. The lowest BCUT2D eigenvalue weighted by Gasteiger charge is -2.29. The number of hydrogen-bond donors (Lipinski definition) is 4. The van der Waals surface area contributed by atoms with Gasteiger partial charge in [0, 0.05) is 6.54 Å². The SMILES string of the molecule is O=C(Nc1ccc(F)cc1Cl)N[C@@H]1CNCC[C@H]1O. The highest BCUT2D eigenvalue weighted by molar-refractivity contribution is 6.33. The van der Waals surface area contributed by atoms with Crippen molar-refractivity contribution in [3.63, 3.8) is 0 Å². The van der Waals surface area contributed by atoms with Crippen LogP contribution in [0.4, 0.5) is 14.9 Å². The number of halogens is 2. The van der Waals surface area contributed by atoms with Crippen molar-refractivity contribution < 1.29 is 14.3 Å². The van der Waals surface area contributed by atoms with Crippen molar-refractivity contribution in [2.45, 2.75) is 18.6 Å². The Kier molecular flexibility index (Phi) is 4.57. The summed E-state index contributed by atoms with van der Waals surface area (Å²) in [7, 11) is 0. The van der Waals surface area contributed by atoms with Crippen LogP contribution in [0.1, 0.15) is 6.42 Å². The Morgan fingerprint density at radius 3 is 3.00 bits per heavy atom. The Bertz CT molecular complexity index is 472. The number of aliphatic hydroxyl groups excluding tert-OH is 1. The van der Waals surface area contributed by atoms with Crippen LogP contribution < -0.4 is 16.0 Å². The van der Waals surface area contributed by atoms with Crippen LogP contribution in [0.15, 0.2) is 18.2 Å². The van der Waals surface area contributed by atoms with E-state index in [9.17, 15) is 14.3 Å². The van der Waals surface area contributed by atoms with Gasteiger partial charge in [0.15, 0.2) is 0 Å². The average molecular weight is 288 g/mol. The van der Waals surface area contributed by atoms with Gasteiger partial charge in [0.1, 0.15) is 5.82 Å². The molecule has 19 heavy (non-hydrogen) atoms. The zero-order chi connectivity index (χ0) is 13.8. The maximum Gasteiger partial charge on any atom is 0.319 e. The van der Waals surface area contributed by atoms with Gasteiger partial charge in [0.2, 0.25) is 0 Å². The molecular formula is C12H15ClFN3O2. The van der Waals surface area contributed by atoms with Gasteiger partial charge in [0.05, 0.1) is 22.9 Å². The fourth-order valence-electron chi connectivity index (χ4n) is 1.91. The summed E-state index contributed by atoms with van der Waals surface area (Å²) >= 11 is 5.80. The summed E-state index contributed by atoms with van der Waals surface area (Å²) in [5, 5.41) is 18.1. The van der Waals surface area contributed by atoms with Crippen LogP contribution in [0.2, 0.25) is 5.02 Å². The van der Waals surface area contributed by atoms with E-state index < -0.39 is 18.0 Å². The molecule has 1 fully saturated rings. The predicted octanol–water partition coefficient (Wildman–Crippen LogP) is 1.32. The Morgan fingerprint density at radius 2 is 2.32 bits per heavy atom. The number of benzene rings is 1. The Labute approximate surface area is 115 Å². The number of piperidine rings is 1. The van der Waals surface area contributed by atoms with Gasteiger partial charge in [-0.1, -0.05) is 11.6 Å². The normalized spacial score (nSPS) is 22.9. The number of anilines is 1. The molecule has 104 valence electrons. The number of aliphatic hydroxyl groups is 1. The van der Waals surface area contributed by atoms with Crippen LogP contribution in [0, 0.1) is 5.82 Å². The lowest BCUT2D eigenvalue weighted by Crippen LogP contribution is -2.54. The van der Waals surface area contributed by atoms with E-state index in [1.807, 2.05) is 0 Å². The van der Waals surface area contributed by atoms with Crippen molar-refractivity contribution in [1.82, 2.24) is 10.6 Å². The van der Waals surface area contributed by atoms with E-state index in [1.54, 1.807) is 0 Å². The first kappa shape index (κ1) is 14.0. The standard InChI is InChI=1S/C12H15ClFN3O2/c13-8-5-7(14)1-2-9(8)16-12(19)17-10-6-15-4-3-11(10)18/h1-2,5,10-11,15,18H,3-4,6H2,(H2,16,17,19)/t10-,11-/m1/s1. The molecule has 2 rings (SSSR count). The molecular weight excluding hydrogens is 273 g/mol. The van der Waals surface area contributed by atoms with Gasteiger partial charge in [0.25, 0.3) is 0 Å². The molecule has 0 saturated carbocycles. The molecule has 2 amide bonds. The lowest BCUT2D eigenvalue weighted by molar-refractivity contribution is 0.103. The summed E-state index contributed by atoms with van der Waals surface area (Å²) in [6.07, 6.45) is 0.0121. The van der Waals surface area contributed by atoms with Crippen LogP contribution in [0.5, 0.6) is 0 Å². The number of rotatable bonds is 2. The molecule has 1 aliphatic rings. The summed E-state index contributed by atoms with van der Waals surface area (Å²) in [5.41, 5.74) is 0.318. The van der Waals surface area contributed by atoms with E-state index >= 15 is 0 Å². The molecule has 1 aromatic carbocycles. The molecule has 1 aromatic rings. The Hall–Kier alpha value is -1.37. The molecule has 1 saturated heterocycles. The van der Waals surface area contributed by atoms with Crippen LogP contribution >= 0.6 is 11.6 Å². The summed E-state index contributed by atoms with van der Waals surface area (Å²) in [6, 6.07) is 2.87. The maximum atomic E-state index is 12.9. The molecule has 0 bridgehead atoms. The summed E-state index contributed by atoms with van der Waals surface area (Å²) in [6.45, 7) is 1.23. The van der Waals surface area contributed by atoms with Crippen LogP contribution in [0.3, 0.4) is 0 Å². The minimum Gasteiger partial charge on any atom is -0.391 e. The van der Waals surface area contributed by atoms with Crippen LogP contribution in [0.25, 0.3) is 0 Å². The van der Waals surface area contributed by atoms with Crippen LogP contribution in [-0.2, 0) is 0 Å². The number of nitrogens with one attached hydrogen (secondary N) is 3. The molecule has 1 aliphatic heterocycles. The number of carbonyl (C=O) groups is 1. The van der Waals surface area contributed by atoms with Crippen molar-refractivity contribution >= 4 is 23.3 Å². The van der Waals surface area contributed by atoms with E-state index in [1.165, 1.54) is 12.1 Å². The van der Waals surface area contributed by atoms with Crippen molar-refractivity contribution in [2.75, 3.05) is 18.4 Å². The smallest absolute Gasteiger partial charge is 0.319 e. The number of carbonyl (C=O) groups excluding carboxylic acids is 1. The monoisotopic (exact) mass is 287 g/mol. The first-order valence-electron chi connectivity index (χ1n) is 5.97. The highest BCUT2D eigenvalue weighted by Crippen LogP contribution is 2.22. The number of urea groups is 1. The van der Waals surface area contributed by atoms with Gasteiger partial charge in [-0.2, -0.15) is 0 Å². The molecule has 1 heterocycles. The molecule has 2 atom stereocenters. The highest BCUT2D eigenvalue weighted by atomic mass is 35.5. The van der Waals surface area contributed by atoms with E-state index in [0.717, 1.165) is 12.6 Å². The van der Waals surface area contributed by atoms with Gasteiger partial charge in [-0.15, -0.1) is 0 Å². The van der Waals surface area contributed by atoms with Crippen molar-refractivity contribution in [3.05, 3.63) is 29.0 Å². The number of amides is 2. The number of hydrogen-bond acceptors (Lipinski definition) is 3. The van der Waals surface area contributed by atoms with Gasteiger partial charge in [-0.05, 0) is 31.2 Å². The van der Waals surface area contributed by atoms with Crippen molar-refractivity contribution in [2.24, 2.45) is 0 Å². The lowest BCUT2D eigenvalue weighted by atomic mass is 10.0. The summed E-state index contributed by atoms with van der Waals surface area (Å²) in [5.74, 6) is -0.470.